The van der Waals surface area contributed by atoms with Gasteiger partial charge >= 0.3 is 0 Å². The second-order valence-corrected chi connectivity index (χ2v) is 37.6. The molecule has 1 aromatic rings. The van der Waals surface area contributed by atoms with E-state index in [4.69, 9.17) is 13.3 Å². The minimum Gasteiger partial charge on any atom is -0.415 e. The summed E-state index contributed by atoms with van der Waals surface area (Å²) in [6.07, 6.45) is 10.8. The lowest BCUT2D eigenvalue weighted by Crippen LogP contribution is -2.58. The van der Waals surface area contributed by atoms with E-state index in [0.29, 0.717) is 18.4 Å². The molecule has 0 heterocycles. The molecule has 0 aliphatic carbocycles. The number of hydrogen-bond acceptors (Lipinski definition) is 6. The van der Waals surface area contributed by atoms with Gasteiger partial charge in [-0.05, 0) is 98.6 Å². The summed E-state index contributed by atoms with van der Waals surface area (Å²) in [5, 5.41) is 12.0. The molecule has 55 heavy (non-hydrogen) atoms. The number of benzene rings is 1. The highest BCUT2D eigenvalue weighted by Gasteiger charge is 2.45. The molecule has 0 fully saturated rings. The summed E-state index contributed by atoms with van der Waals surface area (Å²) in [6, 6.07) is 6.14. The van der Waals surface area contributed by atoms with Crippen LogP contribution < -0.4 is 4.72 Å². The second-order valence-electron chi connectivity index (χ2n) is 21.6. The van der Waals surface area contributed by atoms with Crippen LogP contribution >= 0.6 is 0 Å². The van der Waals surface area contributed by atoms with Crippen molar-refractivity contribution in [1.29, 1.82) is 0 Å². The van der Waals surface area contributed by atoms with Gasteiger partial charge in [0, 0.05) is 6.10 Å². The quantitative estimate of drug-likeness (QED) is 0.0752. The molecule has 7 nitrogen and oxygen atoms in total. The van der Waals surface area contributed by atoms with Crippen LogP contribution in [0.15, 0.2) is 29.2 Å². The van der Waals surface area contributed by atoms with Crippen LogP contribution in [-0.2, 0) is 23.3 Å². The van der Waals surface area contributed by atoms with Gasteiger partial charge in [0.15, 0.2) is 25.0 Å². The highest BCUT2D eigenvalue weighted by atomic mass is 32.2. The fraction of sp³-hybridized carbons (Fsp3) is 0.864. The van der Waals surface area contributed by atoms with E-state index in [9.17, 15) is 13.5 Å². The van der Waals surface area contributed by atoms with Crippen molar-refractivity contribution in [3.8, 4) is 0 Å². The lowest BCUT2D eigenvalue weighted by molar-refractivity contribution is -0.00692. The van der Waals surface area contributed by atoms with E-state index in [1.54, 1.807) is 12.1 Å². The van der Waals surface area contributed by atoms with Crippen LogP contribution in [-0.4, -0.2) is 69.4 Å². The van der Waals surface area contributed by atoms with Crippen molar-refractivity contribution in [2.45, 2.75) is 237 Å². The number of aliphatic hydroxyl groups excluding tert-OH is 1. The largest absolute Gasteiger partial charge is 0.415 e. The van der Waals surface area contributed by atoms with Crippen LogP contribution in [0.2, 0.25) is 54.4 Å². The van der Waals surface area contributed by atoms with E-state index in [-0.39, 0.29) is 26.6 Å². The molecule has 0 saturated heterocycles. The van der Waals surface area contributed by atoms with E-state index in [1.165, 1.54) is 32.1 Å². The van der Waals surface area contributed by atoms with E-state index in [0.717, 1.165) is 37.7 Å². The summed E-state index contributed by atoms with van der Waals surface area (Å²) < 4.78 is 51.2. The van der Waals surface area contributed by atoms with Crippen molar-refractivity contribution in [1.82, 2.24) is 4.72 Å². The molecule has 11 heteroatoms. The fourth-order valence-corrected chi connectivity index (χ4v) is 11.0. The number of rotatable bonds is 25. The predicted molar refractivity (Wildman–Crippen MR) is 244 cm³/mol. The molecule has 0 saturated carbocycles. The van der Waals surface area contributed by atoms with Crippen LogP contribution in [0.5, 0.6) is 0 Å². The third-order valence-corrected chi connectivity index (χ3v) is 27.9. The van der Waals surface area contributed by atoms with Gasteiger partial charge in [-0.15, -0.1) is 0 Å². The summed E-state index contributed by atoms with van der Waals surface area (Å²) in [5.41, 5.74) is 0.990. The van der Waals surface area contributed by atoms with E-state index >= 15 is 0 Å². The molecular formula is C44H89NO6SSi3. The molecule has 1 rings (SSSR count). The third kappa shape index (κ3) is 18.2. The second kappa shape index (κ2) is 21.8. The molecule has 0 amide bonds. The molecule has 0 bridgehead atoms. The standard InChI is InChI=1S/C44H89NO6SSi3/c1-35(2)33-37(50-54(15,16)43(7,8)9)27-25-23-21-19-20-22-24-26-28-40(46)41(51-55(17,18)44(10,11)12)39(34-49-53(13,14)42(4,5)6)45-52(47,48)38-31-29-36(3)30-32-38/h29-32,35,37,39-41,45-46H,19-28,33-34H2,1-18H3/t37-,39-,40+,41-/m0/s1. The number of aryl methyl sites for hydroxylation is 1. The predicted octanol–water partition coefficient (Wildman–Crippen LogP) is 12.8. The molecule has 324 valence electrons. The first-order valence-electron chi connectivity index (χ1n) is 21.6. The minimum atomic E-state index is -3.91. The van der Waals surface area contributed by atoms with E-state index in [2.05, 4.69) is 120 Å². The molecule has 4 atom stereocenters. The molecule has 1 aromatic carbocycles. The van der Waals surface area contributed by atoms with Gasteiger partial charge in [0.05, 0.1) is 29.8 Å². The first-order valence-corrected chi connectivity index (χ1v) is 31.8. The summed E-state index contributed by atoms with van der Waals surface area (Å²) in [6.45, 7) is 40.2. The van der Waals surface area contributed by atoms with Gasteiger partial charge in [-0.3, -0.25) is 0 Å². The van der Waals surface area contributed by atoms with Crippen molar-refractivity contribution < 1.29 is 26.8 Å². The highest BCUT2D eigenvalue weighted by Crippen LogP contribution is 2.41. The Labute approximate surface area is 344 Å². The smallest absolute Gasteiger partial charge is 0.240 e. The molecule has 2 N–H and O–H groups in total. The Morgan fingerprint density at radius 3 is 1.51 bits per heavy atom. The maximum Gasteiger partial charge on any atom is 0.240 e. The monoisotopic (exact) mass is 844 g/mol. The Bertz CT molecular complexity index is 1350. The van der Waals surface area contributed by atoms with Crippen LogP contribution in [0.3, 0.4) is 0 Å². The average molecular weight is 845 g/mol. The topological polar surface area (TPSA) is 94.1 Å². The lowest BCUT2D eigenvalue weighted by atomic mass is 9.99. The molecule has 0 aliphatic rings. The normalized spacial score (nSPS) is 16.4. The van der Waals surface area contributed by atoms with Gasteiger partial charge in [-0.25, -0.2) is 13.1 Å². The van der Waals surface area contributed by atoms with Crippen LogP contribution in [0, 0.1) is 12.8 Å². The van der Waals surface area contributed by atoms with Crippen molar-refractivity contribution in [2.24, 2.45) is 5.92 Å². The minimum absolute atomic E-state index is 0.0585. The average Bonchev–Trinajstić information content (AvgIpc) is 3.00. The Morgan fingerprint density at radius 2 is 1.07 bits per heavy atom. The van der Waals surface area contributed by atoms with Crippen LogP contribution in [0.1, 0.15) is 152 Å². The van der Waals surface area contributed by atoms with E-state index < -0.39 is 53.2 Å². The first kappa shape index (κ1) is 52.6. The number of hydrogen-bond donors (Lipinski definition) is 2. The van der Waals surface area contributed by atoms with Gasteiger partial charge in [0.25, 0.3) is 0 Å². The molecule has 0 spiro atoms. The summed E-state index contributed by atoms with van der Waals surface area (Å²) in [7, 11) is -10.4. The van der Waals surface area contributed by atoms with Gasteiger partial charge in [0.1, 0.15) is 0 Å². The maximum absolute atomic E-state index is 13.9. The zero-order chi connectivity index (χ0) is 42.7. The Hall–Kier alpha value is -0.379. The van der Waals surface area contributed by atoms with E-state index in [1.807, 2.05) is 19.1 Å². The van der Waals surface area contributed by atoms with Crippen molar-refractivity contribution in [3.05, 3.63) is 29.8 Å². The summed E-state index contributed by atoms with van der Waals surface area (Å²) in [4.78, 5) is 0.200. The molecule has 0 aromatic heterocycles. The van der Waals surface area contributed by atoms with Gasteiger partial charge < -0.3 is 18.4 Å². The highest BCUT2D eigenvalue weighted by molar-refractivity contribution is 7.89. The van der Waals surface area contributed by atoms with Gasteiger partial charge in [0.2, 0.25) is 10.0 Å². The van der Waals surface area contributed by atoms with Gasteiger partial charge in [-0.2, -0.15) is 0 Å². The van der Waals surface area contributed by atoms with Crippen molar-refractivity contribution in [3.63, 3.8) is 0 Å². The number of nitrogens with one attached hydrogen (secondary N) is 1. The lowest BCUT2D eigenvalue weighted by Gasteiger charge is -2.44. The Kier molecular flexibility index (Phi) is 20.8. The fourth-order valence-electron chi connectivity index (χ4n) is 5.94. The summed E-state index contributed by atoms with van der Waals surface area (Å²) in [5.74, 6) is 0.645. The maximum atomic E-state index is 13.9. The van der Waals surface area contributed by atoms with Crippen molar-refractivity contribution >= 4 is 35.0 Å². The van der Waals surface area contributed by atoms with Gasteiger partial charge in [-0.1, -0.05) is 145 Å². The zero-order valence-corrected chi connectivity index (χ0v) is 42.9. The number of unbranched alkanes of at least 4 members (excludes halogenated alkanes) is 7. The summed E-state index contributed by atoms with van der Waals surface area (Å²) >= 11 is 0. The number of aliphatic hydroxyl groups is 1. The van der Waals surface area contributed by atoms with Crippen LogP contribution in [0.4, 0.5) is 0 Å². The number of sulfonamides is 1. The Morgan fingerprint density at radius 1 is 0.655 bits per heavy atom. The molecule has 0 aliphatic heterocycles. The molecule has 0 unspecified atom stereocenters. The zero-order valence-electron chi connectivity index (χ0n) is 39.1. The van der Waals surface area contributed by atoms with Crippen molar-refractivity contribution in [2.75, 3.05) is 6.61 Å². The SMILES string of the molecule is Cc1ccc(S(=O)(=O)N[C@@H](CO[Si](C)(C)C(C)(C)C)[C@H](O[Si](C)(C)C(C)(C)C)[C@H](O)CCCCCCCCCC[C@@H](CC(C)C)O[Si](C)(C)C(C)(C)C)cc1. The Balaban J connectivity index is 2.97. The third-order valence-electron chi connectivity index (χ3n) is 12.9. The molecule has 0 radical (unpaired) electrons. The molecular weight excluding hydrogens is 755 g/mol. The van der Waals surface area contributed by atoms with Crippen LogP contribution in [0.25, 0.3) is 0 Å². The first-order chi connectivity index (χ1) is 24.8.